The van der Waals surface area contributed by atoms with Crippen molar-refractivity contribution in [2.24, 2.45) is 0 Å². The average molecular weight is 234 g/mol. The molecule has 0 bridgehead atoms. The highest BCUT2D eigenvalue weighted by molar-refractivity contribution is 7.99. The number of hydrogen-bond acceptors (Lipinski definition) is 4. The van der Waals surface area contributed by atoms with E-state index in [9.17, 15) is 0 Å². The number of rotatable bonds is 1. The Labute approximate surface area is 98.2 Å². The van der Waals surface area contributed by atoms with Gasteiger partial charge in [-0.1, -0.05) is 6.07 Å². The topological polar surface area (TPSA) is 56.2 Å². The Hall–Kier alpha value is -1.23. The van der Waals surface area contributed by atoms with Crippen molar-refractivity contribution < 1.29 is 0 Å². The van der Waals surface area contributed by atoms with E-state index in [0.717, 1.165) is 11.5 Å². The molecule has 1 fully saturated rings. The lowest BCUT2D eigenvalue weighted by Gasteiger charge is -2.17. The number of fused-ring (bicyclic) bond motifs is 1. The second-order valence-corrected chi connectivity index (χ2v) is 5.30. The molecule has 2 N–H and O–H groups in total. The van der Waals surface area contributed by atoms with E-state index in [1.54, 1.807) is 4.52 Å². The summed E-state index contributed by atoms with van der Waals surface area (Å²) in [4.78, 5) is 4.56. The molecule has 3 heterocycles. The van der Waals surface area contributed by atoms with Crippen LogP contribution in [-0.2, 0) is 0 Å². The van der Waals surface area contributed by atoms with Crippen molar-refractivity contribution in [1.82, 2.24) is 14.6 Å². The summed E-state index contributed by atoms with van der Waals surface area (Å²) >= 11 is 2.02. The van der Waals surface area contributed by atoms with Crippen LogP contribution in [0.5, 0.6) is 0 Å². The van der Waals surface area contributed by atoms with Crippen LogP contribution in [0.1, 0.15) is 24.6 Å². The summed E-state index contributed by atoms with van der Waals surface area (Å²) in [5.41, 5.74) is 6.71. The highest BCUT2D eigenvalue weighted by Crippen LogP contribution is 2.29. The third-order valence-corrected chi connectivity index (χ3v) is 4.04. The number of nitrogens with zero attached hydrogens (tertiary/aromatic N) is 3. The third-order valence-electron chi connectivity index (χ3n) is 2.99. The molecule has 3 rings (SSSR count). The van der Waals surface area contributed by atoms with Crippen molar-refractivity contribution in [2.45, 2.75) is 18.8 Å². The summed E-state index contributed by atoms with van der Waals surface area (Å²) in [5, 5.41) is 4.51. The molecule has 16 heavy (non-hydrogen) atoms. The van der Waals surface area contributed by atoms with Gasteiger partial charge in [-0.25, -0.2) is 4.98 Å². The molecule has 0 amide bonds. The second kappa shape index (κ2) is 3.97. The van der Waals surface area contributed by atoms with Gasteiger partial charge in [0.2, 0.25) is 0 Å². The summed E-state index contributed by atoms with van der Waals surface area (Å²) < 4.78 is 1.73. The summed E-state index contributed by atoms with van der Waals surface area (Å²) in [6, 6.07) is 5.71. The van der Waals surface area contributed by atoms with E-state index in [1.165, 1.54) is 24.3 Å². The van der Waals surface area contributed by atoms with Gasteiger partial charge in [0.15, 0.2) is 11.5 Å². The second-order valence-electron chi connectivity index (χ2n) is 4.08. The van der Waals surface area contributed by atoms with Gasteiger partial charge in [-0.15, -0.1) is 5.10 Å². The quantitative estimate of drug-likeness (QED) is 0.819. The van der Waals surface area contributed by atoms with Crippen molar-refractivity contribution in [1.29, 1.82) is 0 Å². The van der Waals surface area contributed by atoms with Gasteiger partial charge in [0.05, 0.1) is 0 Å². The van der Waals surface area contributed by atoms with Crippen molar-refractivity contribution in [3.63, 3.8) is 0 Å². The van der Waals surface area contributed by atoms with Crippen LogP contribution in [0, 0.1) is 0 Å². The zero-order chi connectivity index (χ0) is 11.0. The third kappa shape index (κ3) is 1.65. The average Bonchev–Trinajstić information content (AvgIpc) is 2.76. The van der Waals surface area contributed by atoms with E-state index in [1.807, 2.05) is 30.0 Å². The van der Waals surface area contributed by atoms with Gasteiger partial charge >= 0.3 is 0 Å². The molecule has 1 aliphatic heterocycles. The number of pyridine rings is 1. The van der Waals surface area contributed by atoms with E-state index in [4.69, 9.17) is 5.73 Å². The molecule has 4 nitrogen and oxygen atoms in total. The fraction of sp³-hybridized carbons (Fsp3) is 0.455. The first kappa shape index (κ1) is 9.96. The van der Waals surface area contributed by atoms with Crippen LogP contribution < -0.4 is 5.73 Å². The molecular formula is C11H14N4S. The fourth-order valence-corrected chi connectivity index (χ4v) is 3.18. The van der Waals surface area contributed by atoms with Crippen molar-refractivity contribution in [2.75, 3.05) is 17.2 Å². The Kier molecular flexibility index (Phi) is 2.47. The smallest absolute Gasteiger partial charge is 0.157 e. The van der Waals surface area contributed by atoms with Crippen molar-refractivity contribution >= 4 is 23.2 Å². The Morgan fingerprint density at radius 1 is 1.31 bits per heavy atom. The predicted octanol–water partition coefficient (Wildman–Crippen LogP) is 1.92. The van der Waals surface area contributed by atoms with Crippen LogP contribution in [0.15, 0.2) is 18.2 Å². The first-order valence-corrected chi connectivity index (χ1v) is 6.69. The molecule has 1 saturated heterocycles. The van der Waals surface area contributed by atoms with E-state index in [0.29, 0.717) is 11.7 Å². The van der Waals surface area contributed by atoms with E-state index >= 15 is 0 Å². The number of nitrogens with two attached hydrogens (primary N) is 1. The lowest BCUT2D eigenvalue weighted by atomic mass is 10.0. The Bertz CT molecular complexity index is 502. The van der Waals surface area contributed by atoms with Crippen LogP contribution in [0.2, 0.25) is 0 Å². The minimum atomic E-state index is 0.514. The molecule has 2 aromatic rings. The highest BCUT2D eigenvalue weighted by Gasteiger charge is 2.20. The molecule has 84 valence electrons. The number of hydrogen-bond donors (Lipinski definition) is 1. The van der Waals surface area contributed by atoms with Crippen LogP contribution in [0.3, 0.4) is 0 Å². The van der Waals surface area contributed by atoms with Gasteiger partial charge in [0.25, 0.3) is 0 Å². The zero-order valence-corrected chi connectivity index (χ0v) is 9.78. The minimum absolute atomic E-state index is 0.514. The fourth-order valence-electron chi connectivity index (χ4n) is 2.07. The molecule has 5 heteroatoms. The molecule has 0 radical (unpaired) electrons. The van der Waals surface area contributed by atoms with Crippen LogP contribution in [0.4, 0.5) is 5.82 Å². The Balaban J connectivity index is 2.01. The summed E-state index contributed by atoms with van der Waals surface area (Å²) in [5.74, 6) is 4.56. The lowest BCUT2D eigenvalue weighted by Crippen LogP contribution is -2.09. The normalized spacial score (nSPS) is 18.0. The molecule has 0 aliphatic carbocycles. The van der Waals surface area contributed by atoms with Gasteiger partial charge in [0, 0.05) is 5.92 Å². The molecule has 1 aliphatic rings. The number of thioether (sulfide) groups is 1. The summed E-state index contributed by atoms with van der Waals surface area (Å²) in [6.45, 7) is 0. The SMILES string of the molecule is Nc1cccc2nc(C3CCSCC3)nn12. The molecule has 0 atom stereocenters. The number of anilines is 1. The highest BCUT2D eigenvalue weighted by atomic mass is 32.2. The number of aromatic nitrogens is 3. The molecule has 0 spiro atoms. The maximum atomic E-state index is 5.86. The predicted molar refractivity (Wildman–Crippen MR) is 66.7 cm³/mol. The molecule has 0 aromatic carbocycles. The van der Waals surface area contributed by atoms with Gasteiger partial charge in [0.1, 0.15) is 5.82 Å². The Morgan fingerprint density at radius 3 is 2.88 bits per heavy atom. The van der Waals surface area contributed by atoms with E-state index in [2.05, 4.69) is 10.1 Å². The molecule has 2 aromatic heterocycles. The molecule has 0 saturated carbocycles. The summed E-state index contributed by atoms with van der Waals surface area (Å²) in [7, 11) is 0. The maximum absolute atomic E-state index is 5.86. The lowest BCUT2D eigenvalue weighted by molar-refractivity contribution is 0.598. The van der Waals surface area contributed by atoms with Gasteiger partial charge in [-0.3, -0.25) is 0 Å². The van der Waals surface area contributed by atoms with Crippen LogP contribution in [-0.4, -0.2) is 26.1 Å². The van der Waals surface area contributed by atoms with Gasteiger partial charge in [-0.2, -0.15) is 16.3 Å². The van der Waals surface area contributed by atoms with Crippen LogP contribution in [0.25, 0.3) is 5.65 Å². The number of nitrogen functional groups attached to an aromatic ring is 1. The van der Waals surface area contributed by atoms with E-state index < -0.39 is 0 Å². The first-order valence-electron chi connectivity index (χ1n) is 5.53. The Morgan fingerprint density at radius 2 is 2.12 bits per heavy atom. The van der Waals surface area contributed by atoms with Gasteiger partial charge in [-0.05, 0) is 36.5 Å². The van der Waals surface area contributed by atoms with Crippen LogP contribution >= 0.6 is 11.8 Å². The standard InChI is InChI=1S/C11H14N4S/c12-9-2-1-3-10-13-11(14-15(9)10)8-4-6-16-7-5-8/h1-3,8H,4-7,12H2. The van der Waals surface area contributed by atoms with E-state index in [-0.39, 0.29) is 0 Å². The van der Waals surface area contributed by atoms with Crippen molar-refractivity contribution in [3.8, 4) is 0 Å². The molecular weight excluding hydrogens is 220 g/mol. The first-order chi connectivity index (χ1) is 7.84. The van der Waals surface area contributed by atoms with Gasteiger partial charge < -0.3 is 5.73 Å². The molecule has 0 unspecified atom stereocenters. The summed E-state index contributed by atoms with van der Waals surface area (Å²) in [6.07, 6.45) is 2.36. The largest absolute Gasteiger partial charge is 0.384 e. The monoisotopic (exact) mass is 234 g/mol. The maximum Gasteiger partial charge on any atom is 0.157 e. The minimum Gasteiger partial charge on any atom is -0.384 e. The van der Waals surface area contributed by atoms with Crippen molar-refractivity contribution in [3.05, 3.63) is 24.0 Å². The zero-order valence-electron chi connectivity index (χ0n) is 8.97.